The summed E-state index contributed by atoms with van der Waals surface area (Å²) in [5.74, 6) is 0.615. The molecule has 1 amide bonds. The molecule has 3 rings (SSSR count). The van der Waals surface area contributed by atoms with Crippen LogP contribution in [0.15, 0.2) is 16.9 Å². The Morgan fingerprint density at radius 3 is 2.77 bits per heavy atom. The third-order valence-corrected chi connectivity index (χ3v) is 4.37. The van der Waals surface area contributed by atoms with Crippen molar-refractivity contribution in [1.82, 2.24) is 19.8 Å². The minimum Gasteiger partial charge on any atom is -0.361 e. The van der Waals surface area contributed by atoms with Crippen molar-refractivity contribution in [1.29, 1.82) is 0 Å². The van der Waals surface area contributed by atoms with E-state index >= 15 is 0 Å². The quantitative estimate of drug-likeness (QED) is 0.855. The standard InChI is InChI=1S/C16H22N4O2/c1-11-15(12(2)22-18-11)16(21)20-8-6-4-5-7-14(20)13-9-17-19(3)10-13/h9-10,14H,4-8H2,1-3H3/t14-/m1/s1. The van der Waals surface area contributed by atoms with E-state index in [0.29, 0.717) is 17.0 Å². The molecule has 0 bridgehead atoms. The van der Waals surface area contributed by atoms with Crippen molar-refractivity contribution >= 4 is 5.91 Å². The number of likely N-dealkylation sites (tertiary alicyclic amines) is 1. The molecule has 6 nitrogen and oxygen atoms in total. The average molecular weight is 302 g/mol. The molecule has 0 aliphatic carbocycles. The van der Waals surface area contributed by atoms with Crippen molar-refractivity contribution in [3.05, 3.63) is 35.0 Å². The molecule has 1 aliphatic rings. The smallest absolute Gasteiger partial charge is 0.259 e. The van der Waals surface area contributed by atoms with E-state index in [9.17, 15) is 4.79 Å². The first-order chi connectivity index (χ1) is 10.6. The van der Waals surface area contributed by atoms with Crippen LogP contribution in [-0.2, 0) is 7.05 Å². The fraction of sp³-hybridized carbons (Fsp3) is 0.562. The molecule has 0 N–H and O–H groups in total. The molecule has 118 valence electrons. The fourth-order valence-corrected chi connectivity index (χ4v) is 3.24. The van der Waals surface area contributed by atoms with Crippen LogP contribution < -0.4 is 0 Å². The van der Waals surface area contributed by atoms with Crippen LogP contribution in [0.3, 0.4) is 0 Å². The Kier molecular flexibility index (Phi) is 4.00. The van der Waals surface area contributed by atoms with E-state index in [4.69, 9.17) is 4.52 Å². The summed E-state index contributed by atoms with van der Waals surface area (Å²) in [5, 5.41) is 8.18. The number of hydrogen-bond acceptors (Lipinski definition) is 4. The first-order valence-corrected chi connectivity index (χ1v) is 7.80. The maximum Gasteiger partial charge on any atom is 0.259 e. The number of carbonyl (C=O) groups excluding carboxylic acids is 1. The van der Waals surface area contributed by atoms with E-state index in [1.54, 1.807) is 11.6 Å². The molecular formula is C16H22N4O2. The van der Waals surface area contributed by atoms with E-state index in [1.165, 1.54) is 0 Å². The highest BCUT2D eigenvalue weighted by Crippen LogP contribution is 2.32. The van der Waals surface area contributed by atoms with Gasteiger partial charge in [0.25, 0.3) is 5.91 Å². The lowest BCUT2D eigenvalue weighted by Crippen LogP contribution is -2.35. The monoisotopic (exact) mass is 302 g/mol. The molecule has 2 aromatic rings. The van der Waals surface area contributed by atoms with Gasteiger partial charge in [0.05, 0.1) is 17.9 Å². The van der Waals surface area contributed by atoms with E-state index in [2.05, 4.69) is 10.3 Å². The second-order valence-corrected chi connectivity index (χ2v) is 6.01. The average Bonchev–Trinajstić information content (AvgIpc) is 2.96. The van der Waals surface area contributed by atoms with Crippen molar-refractivity contribution in [3.8, 4) is 0 Å². The second-order valence-electron chi connectivity index (χ2n) is 6.01. The third kappa shape index (κ3) is 2.65. The third-order valence-electron chi connectivity index (χ3n) is 4.37. The van der Waals surface area contributed by atoms with Gasteiger partial charge in [-0.05, 0) is 26.7 Å². The van der Waals surface area contributed by atoms with Gasteiger partial charge in [0.1, 0.15) is 11.3 Å². The Hall–Kier alpha value is -2.11. The van der Waals surface area contributed by atoms with E-state index in [0.717, 1.165) is 37.8 Å². The zero-order valence-electron chi connectivity index (χ0n) is 13.4. The lowest BCUT2D eigenvalue weighted by molar-refractivity contribution is 0.0678. The summed E-state index contributed by atoms with van der Waals surface area (Å²) in [6.45, 7) is 4.38. The van der Waals surface area contributed by atoms with Gasteiger partial charge in [0.2, 0.25) is 0 Å². The first kappa shape index (κ1) is 14.8. The van der Waals surface area contributed by atoms with Gasteiger partial charge in [0.15, 0.2) is 0 Å². The van der Waals surface area contributed by atoms with Gasteiger partial charge in [-0.15, -0.1) is 0 Å². The van der Waals surface area contributed by atoms with Gasteiger partial charge in [0, 0.05) is 25.4 Å². The van der Waals surface area contributed by atoms with Crippen molar-refractivity contribution in [2.45, 2.75) is 45.6 Å². The first-order valence-electron chi connectivity index (χ1n) is 7.80. The lowest BCUT2D eigenvalue weighted by Gasteiger charge is -2.29. The van der Waals surface area contributed by atoms with E-state index in [-0.39, 0.29) is 11.9 Å². The van der Waals surface area contributed by atoms with Crippen LogP contribution in [0.4, 0.5) is 0 Å². The highest BCUT2D eigenvalue weighted by atomic mass is 16.5. The normalized spacial score (nSPS) is 19.2. The molecule has 3 heterocycles. The van der Waals surface area contributed by atoms with Crippen LogP contribution in [0.2, 0.25) is 0 Å². The number of nitrogens with zero attached hydrogens (tertiary/aromatic N) is 4. The summed E-state index contributed by atoms with van der Waals surface area (Å²) >= 11 is 0. The molecule has 22 heavy (non-hydrogen) atoms. The molecule has 1 atom stereocenters. The molecule has 0 radical (unpaired) electrons. The Morgan fingerprint density at radius 2 is 2.14 bits per heavy atom. The summed E-state index contributed by atoms with van der Waals surface area (Å²) < 4.78 is 6.96. The Bertz CT molecular complexity index is 654. The van der Waals surface area contributed by atoms with E-state index < -0.39 is 0 Å². The van der Waals surface area contributed by atoms with Crippen molar-refractivity contribution in [3.63, 3.8) is 0 Å². The number of aryl methyl sites for hydroxylation is 3. The highest BCUT2D eigenvalue weighted by Gasteiger charge is 2.31. The minimum atomic E-state index is 0.0204. The number of aromatic nitrogens is 3. The molecule has 0 aromatic carbocycles. The van der Waals surface area contributed by atoms with E-state index in [1.807, 2.05) is 31.3 Å². The van der Waals surface area contributed by atoms with Gasteiger partial charge in [-0.3, -0.25) is 9.48 Å². The van der Waals surface area contributed by atoms with Gasteiger partial charge in [-0.2, -0.15) is 5.10 Å². The molecule has 2 aromatic heterocycles. The number of carbonyl (C=O) groups is 1. The van der Waals surface area contributed by atoms with Crippen LogP contribution in [0, 0.1) is 13.8 Å². The summed E-state index contributed by atoms with van der Waals surface area (Å²) in [6, 6.07) is 0.0809. The van der Waals surface area contributed by atoms with Crippen molar-refractivity contribution in [2.75, 3.05) is 6.54 Å². The van der Waals surface area contributed by atoms with Gasteiger partial charge >= 0.3 is 0 Å². The lowest BCUT2D eigenvalue weighted by atomic mass is 10.0. The molecule has 0 unspecified atom stereocenters. The van der Waals surface area contributed by atoms with Crippen molar-refractivity contribution < 1.29 is 9.32 Å². The number of amides is 1. The zero-order valence-corrected chi connectivity index (χ0v) is 13.4. The van der Waals surface area contributed by atoms with Crippen LogP contribution in [0.5, 0.6) is 0 Å². The zero-order chi connectivity index (χ0) is 15.7. The Balaban J connectivity index is 1.95. The number of rotatable bonds is 2. The molecule has 0 spiro atoms. The summed E-state index contributed by atoms with van der Waals surface area (Å²) in [4.78, 5) is 15.0. The topological polar surface area (TPSA) is 64.2 Å². The Labute approximate surface area is 130 Å². The van der Waals surface area contributed by atoms with Crippen LogP contribution in [0.25, 0.3) is 0 Å². The van der Waals surface area contributed by atoms with Crippen molar-refractivity contribution in [2.24, 2.45) is 7.05 Å². The number of hydrogen-bond donors (Lipinski definition) is 0. The van der Waals surface area contributed by atoms with Gasteiger partial charge in [-0.25, -0.2) is 0 Å². The summed E-state index contributed by atoms with van der Waals surface area (Å²) in [6.07, 6.45) is 8.16. The second kappa shape index (κ2) is 5.94. The Morgan fingerprint density at radius 1 is 1.32 bits per heavy atom. The molecule has 1 aliphatic heterocycles. The molecule has 6 heteroatoms. The van der Waals surface area contributed by atoms with Crippen LogP contribution in [0.1, 0.15) is 59.1 Å². The molecule has 1 saturated heterocycles. The molecular weight excluding hydrogens is 280 g/mol. The van der Waals surface area contributed by atoms with Crippen LogP contribution >= 0.6 is 0 Å². The SMILES string of the molecule is Cc1noc(C)c1C(=O)N1CCCCC[C@@H]1c1cnn(C)c1. The summed E-state index contributed by atoms with van der Waals surface area (Å²) in [7, 11) is 1.90. The van der Waals surface area contributed by atoms with Crippen LogP contribution in [-0.4, -0.2) is 32.3 Å². The fourth-order valence-electron chi connectivity index (χ4n) is 3.24. The largest absolute Gasteiger partial charge is 0.361 e. The maximum absolute atomic E-state index is 13.0. The predicted octanol–water partition coefficient (Wildman–Crippen LogP) is 2.78. The highest BCUT2D eigenvalue weighted by molar-refractivity contribution is 5.96. The summed E-state index contributed by atoms with van der Waals surface area (Å²) in [5.41, 5.74) is 2.37. The molecule has 1 fully saturated rings. The van der Waals surface area contributed by atoms with Gasteiger partial charge in [-0.1, -0.05) is 18.0 Å². The van der Waals surface area contributed by atoms with Gasteiger partial charge < -0.3 is 9.42 Å². The molecule has 0 saturated carbocycles. The minimum absolute atomic E-state index is 0.0204. The maximum atomic E-state index is 13.0. The predicted molar refractivity (Wildman–Crippen MR) is 81.4 cm³/mol.